The molecule has 0 radical (unpaired) electrons. The van der Waals surface area contributed by atoms with E-state index >= 15 is 0 Å². The molecule has 3 N–H and O–H groups in total. The van der Waals surface area contributed by atoms with Crippen molar-refractivity contribution < 1.29 is 19.2 Å². The van der Waals surface area contributed by atoms with E-state index in [1.165, 1.54) is 4.90 Å². The van der Waals surface area contributed by atoms with Crippen LogP contribution in [0.2, 0.25) is 0 Å². The van der Waals surface area contributed by atoms with Crippen molar-refractivity contribution in [3.63, 3.8) is 0 Å². The lowest BCUT2D eigenvalue weighted by Crippen LogP contribution is -2.37. The predicted molar refractivity (Wildman–Crippen MR) is 162 cm³/mol. The number of amides is 4. The second-order valence-corrected chi connectivity index (χ2v) is 9.91. The van der Waals surface area contributed by atoms with Gasteiger partial charge in [-0.15, -0.1) is 0 Å². The lowest BCUT2D eigenvalue weighted by Gasteiger charge is -2.19. The molecule has 0 saturated carbocycles. The third-order valence-electron chi connectivity index (χ3n) is 5.27. The molecule has 2 unspecified atom stereocenters. The first-order valence-electron chi connectivity index (χ1n) is 13.4. The van der Waals surface area contributed by atoms with Crippen LogP contribution in [0.3, 0.4) is 0 Å². The van der Waals surface area contributed by atoms with E-state index in [0.717, 1.165) is 22.5 Å². The van der Waals surface area contributed by atoms with Crippen molar-refractivity contribution in [2.45, 2.75) is 46.6 Å². The van der Waals surface area contributed by atoms with Gasteiger partial charge in [0.2, 0.25) is 24.6 Å². The van der Waals surface area contributed by atoms with E-state index < -0.39 is 11.9 Å². The number of benzene rings is 2. The van der Waals surface area contributed by atoms with Crippen molar-refractivity contribution in [3.8, 4) is 6.07 Å². The summed E-state index contributed by atoms with van der Waals surface area (Å²) >= 11 is 0. The zero-order valence-electron chi connectivity index (χ0n) is 24.3. The minimum Gasteiger partial charge on any atom is -0.362 e. The highest BCUT2D eigenvalue weighted by atomic mass is 16.2. The molecule has 10 nitrogen and oxygen atoms in total. The van der Waals surface area contributed by atoms with Crippen LogP contribution in [0.15, 0.2) is 66.7 Å². The van der Waals surface area contributed by atoms with Crippen LogP contribution in [-0.4, -0.2) is 54.2 Å². The van der Waals surface area contributed by atoms with Crippen molar-refractivity contribution in [1.82, 2.24) is 15.2 Å². The lowest BCUT2D eigenvalue weighted by molar-refractivity contribution is -0.134. The van der Waals surface area contributed by atoms with E-state index in [0.29, 0.717) is 31.6 Å². The van der Waals surface area contributed by atoms with Gasteiger partial charge in [0.25, 0.3) is 0 Å². The second kappa shape index (κ2) is 19.3. The minimum absolute atomic E-state index is 0.278. The number of hydrogen-bond donors (Lipinski definition) is 3. The molecule has 3 aromatic rings. The molecule has 1 aliphatic rings. The monoisotopic (exact) mass is 560 g/mol. The van der Waals surface area contributed by atoms with Crippen LogP contribution in [0, 0.1) is 23.2 Å². The van der Waals surface area contributed by atoms with Gasteiger partial charge in [0.15, 0.2) is 0 Å². The van der Waals surface area contributed by atoms with Gasteiger partial charge >= 0.3 is 0 Å². The number of likely N-dealkylation sites (tertiary alicyclic amines) is 1. The normalized spacial score (nSPS) is 14.9. The molecular formula is C31H40N6O4. The molecule has 218 valence electrons. The highest BCUT2D eigenvalue weighted by molar-refractivity contribution is 6.03. The summed E-state index contributed by atoms with van der Waals surface area (Å²) in [6, 6.07) is 22.2. The molecule has 2 atom stereocenters. The largest absolute Gasteiger partial charge is 0.362 e. The van der Waals surface area contributed by atoms with Gasteiger partial charge in [-0.05, 0) is 48.6 Å². The Morgan fingerprint density at radius 1 is 1.02 bits per heavy atom. The second-order valence-electron chi connectivity index (χ2n) is 9.91. The van der Waals surface area contributed by atoms with Crippen molar-refractivity contribution in [3.05, 3.63) is 66.7 Å². The zero-order chi connectivity index (χ0) is 30.6. The first-order chi connectivity index (χ1) is 19.6. The molecule has 1 aliphatic heterocycles. The van der Waals surface area contributed by atoms with Gasteiger partial charge < -0.3 is 20.9 Å². The molecule has 1 fully saturated rings. The van der Waals surface area contributed by atoms with E-state index in [1.807, 2.05) is 67.6 Å². The number of aromatic nitrogens is 1. The van der Waals surface area contributed by atoms with E-state index in [1.54, 1.807) is 13.1 Å². The predicted octanol–water partition coefficient (Wildman–Crippen LogP) is 4.60. The maximum atomic E-state index is 12.3. The van der Waals surface area contributed by atoms with Crippen LogP contribution in [0.5, 0.6) is 0 Å². The Kier molecular flexibility index (Phi) is 16.1. The Labute approximate surface area is 242 Å². The van der Waals surface area contributed by atoms with Crippen molar-refractivity contribution in [2.75, 3.05) is 24.2 Å². The Morgan fingerprint density at radius 2 is 1.63 bits per heavy atom. The number of hydrogen-bond acceptors (Lipinski definition) is 6. The fourth-order valence-corrected chi connectivity index (χ4v) is 3.61. The zero-order valence-corrected chi connectivity index (χ0v) is 24.3. The highest BCUT2D eigenvalue weighted by Gasteiger charge is 2.33. The third-order valence-corrected chi connectivity index (χ3v) is 5.27. The van der Waals surface area contributed by atoms with Crippen LogP contribution in [-0.2, 0) is 19.2 Å². The third kappa shape index (κ3) is 13.7. The van der Waals surface area contributed by atoms with Gasteiger partial charge in [0.05, 0.1) is 11.6 Å². The summed E-state index contributed by atoms with van der Waals surface area (Å²) in [6.07, 6.45) is 1.67. The van der Waals surface area contributed by atoms with Gasteiger partial charge in [-0.25, -0.2) is 4.98 Å². The summed E-state index contributed by atoms with van der Waals surface area (Å²) in [5.41, 5.74) is 1.60. The number of carbonyl (C=O) groups excluding carboxylic acids is 4. The number of pyridine rings is 1. The summed E-state index contributed by atoms with van der Waals surface area (Å²) in [7, 11) is 1.56. The Morgan fingerprint density at radius 3 is 2.22 bits per heavy atom. The molecule has 0 spiro atoms. The Hall–Kier alpha value is -4.78. The van der Waals surface area contributed by atoms with Gasteiger partial charge in [-0.3, -0.25) is 19.2 Å². The lowest BCUT2D eigenvalue weighted by atomic mass is 10.1. The number of nitriles is 1. The molecule has 4 rings (SSSR count). The van der Waals surface area contributed by atoms with Crippen LogP contribution in [0.25, 0.3) is 10.9 Å². The van der Waals surface area contributed by atoms with E-state index in [9.17, 15) is 14.4 Å². The molecule has 10 heteroatoms. The van der Waals surface area contributed by atoms with Gasteiger partial charge in [-0.2, -0.15) is 5.26 Å². The van der Waals surface area contributed by atoms with Crippen LogP contribution >= 0.6 is 0 Å². The molecular weight excluding hydrogens is 520 g/mol. The standard InChI is InChI=1S/C18H18N4O2.C7H7NO.C4H10.C2H5NO/c1-12-8-14(10-19)22(11-12)18(24)9-17(23)21-16-7-6-13-4-2-3-5-15(13)20-16;9-6-8-7-4-2-1-3-5-7;1-4(2)3;1-3-2-4/h2-7,12,14H,8-9,11H2,1H3,(H,20,21,23);1-6H,(H,8,9);4H,1-3H3;2H,1H3,(H,3,4). The highest BCUT2D eigenvalue weighted by Crippen LogP contribution is 2.23. The van der Waals surface area contributed by atoms with Crippen LogP contribution in [0.1, 0.15) is 40.5 Å². The van der Waals surface area contributed by atoms with Crippen molar-refractivity contribution >= 4 is 47.0 Å². The maximum Gasteiger partial charge on any atom is 0.234 e. The average molecular weight is 561 g/mol. The average Bonchev–Trinajstić information content (AvgIpc) is 3.35. The number of nitrogens with zero attached hydrogens (tertiary/aromatic N) is 3. The van der Waals surface area contributed by atoms with E-state index in [-0.39, 0.29) is 18.2 Å². The first-order valence-corrected chi connectivity index (χ1v) is 13.4. The summed E-state index contributed by atoms with van der Waals surface area (Å²) in [6.45, 7) is 9.02. The smallest absolute Gasteiger partial charge is 0.234 e. The van der Waals surface area contributed by atoms with E-state index in [2.05, 4.69) is 47.8 Å². The van der Waals surface area contributed by atoms with E-state index in [4.69, 9.17) is 10.1 Å². The first kappa shape index (κ1) is 34.2. The van der Waals surface area contributed by atoms with Crippen LogP contribution < -0.4 is 16.0 Å². The number of carbonyl (C=O) groups is 4. The van der Waals surface area contributed by atoms with Crippen molar-refractivity contribution in [1.29, 1.82) is 5.26 Å². The SMILES string of the molecule is CC(C)C.CC1CC(C#N)N(C(=O)CC(=O)Nc2ccc3ccccc3n2)C1.CNC=O.O=CNc1ccccc1. The number of fused-ring (bicyclic) bond motifs is 1. The molecule has 1 aromatic heterocycles. The van der Waals surface area contributed by atoms with Gasteiger partial charge in [0, 0.05) is 24.7 Å². The molecule has 4 amide bonds. The van der Waals surface area contributed by atoms with Gasteiger partial charge in [-0.1, -0.05) is 64.1 Å². The topological polar surface area (TPSA) is 144 Å². The Balaban J connectivity index is 0.000000404. The summed E-state index contributed by atoms with van der Waals surface area (Å²) in [5, 5.41) is 17.5. The summed E-state index contributed by atoms with van der Waals surface area (Å²) < 4.78 is 0. The molecule has 2 heterocycles. The van der Waals surface area contributed by atoms with Crippen molar-refractivity contribution in [2.24, 2.45) is 11.8 Å². The van der Waals surface area contributed by atoms with Gasteiger partial charge in [0.1, 0.15) is 18.3 Å². The summed E-state index contributed by atoms with van der Waals surface area (Å²) in [4.78, 5) is 49.2. The number of rotatable bonds is 6. The Bertz CT molecular complexity index is 1270. The number of para-hydroxylation sites is 2. The van der Waals surface area contributed by atoms with Crippen LogP contribution in [0.4, 0.5) is 11.5 Å². The minimum atomic E-state index is -0.431. The maximum absolute atomic E-state index is 12.3. The fraction of sp³-hybridized carbons (Fsp3) is 0.355. The molecule has 0 bridgehead atoms. The number of nitrogens with one attached hydrogen (secondary N) is 3. The molecule has 41 heavy (non-hydrogen) atoms. The quantitative estimate of drug-likeness (QED) is 0.297. The number of anilines is 2. The molecule has 1 saturated heterocycles. The molecule has 2 aromatic carbocycles. The molecule has 0 aliphatic carbocycles. The fourth-order valence-electron chi connectivity index (χ4n) is 3.61. The summed E-state index contributed by atoms with van der Waals surface area (Å²) in [5.74, 6) is 0.796.